The highest BCUT2D eigenvalue weighted by molar-refractivity contribution is 7.84. The van der Waals surface area contributed by atoms with E-state index >= 15 is 0 Å². The van der Waals surface area contributed by atoms with Gasteiger partial charge in [0.2, 0.25) is 0 Å². The summed E-state index contributed by atoms with van der Waals surface area (Å²) in [5.74, 6) is 0.784. The van der Waals surface area contributed by atoms with Crippen LogP contribution in [-0.2, 0) is 10.8 Å². The number of hydrogen-bond acceptors (Lipinski definition) is 4. The number of nitrogen functional groups attached to an aromatic ring is 1. The van der Waals surface area contributed by atoms with Crippen molar-refractivity contribution >= 4 is 22.4 Å². The maximum Gasteiger partial charge on any atom is 0.254 e. The Hall–Kier alpha value is -1.43. The first kappa shape index (κ1) is 12.6. The number of carbonyl (C=O) groups excluding carboxylic acids is 1. The summed E-state index contributed by atoms with van der Waals surface area (Å²) in [6.45, 7) is 2.23. The molecule has 0 radical (unpaired) electrons. The molecule has 1 aromatic rings. The number of nitrogens with zero attached hydrogens (tertiary/aromatic N) is 1. The van der Waals surface area contributed by atoms with Crippen LogP contribution in [0.15, 0.2) is 18.5 Å². The van der Waals surface area contributed by atoms with Crippen LogP contribution in [0.2, 0.25) is 0 Å². The van der Waals surface area contributed by atoms with Gasteiger partial charge in [-0.25, -0.2) is 0 Å². The number of pyridine rings is 1. The number of aromatic nitrogens is 1. The summed E-state index contributed by atoms with van der Waals surface area (Å²) in [7, 11) is -0.867. The van der Waals surface area contributed by atoms with Gasteiger partial charge in [-0.1, -0.05) is 6.92 Å². The molecule has 0 saturated heterocycles. The van der Waals surface area contributed by atoms with E-state index in [1.165, 1.54) is 12.4 Å². The Bertz CT molecular complexity index is 395. The summed E-state index contributed by atoms with van der Waals surface area (Å²) in [6.07, 6.45) is 2.94. The van der Waals surface area contributed by atoms with Crippen molar-refractivity contribution in [2.75, 3.05) is 23.8 Å². The van der Waals surface area contributed by atoms with E-state index in [1.807, 2.05) is 6.92 Å². The zero-order chi connectivity index (χ0) is 12.0. The molecule has 1 atom stereocenters. The molecule has 5 nitrogen and oxygen atoms in total. The summed E-state index contributed by atoms with van der Waals surface area (Å²) in [6, 6.07) is 1.57. The smallest absolute Gasteiger partial charge is 0.254 e. The van der Waals surface area contributed by atoms with Crippen molar-refractivity contribution in [3.8, 4) is 0 Å². The predicted octanol–water partition coefficient (Wildman–Crippen LogP) is 0.162. The minimum Gasteiger partial charge on any atom is -0.398 e. The first-order chi connectivity index (χ1) is 7.65. The van der Waals surface area contributed by atoms with Crippen LogP contribution in [0.4, 0.5) is 5.69 Å². The number of anilines is 1. The molecule has 0 aliphatic carbocycles. The Morgan fingerprint density at radius 2 is 2.38 bits per heavy atom. The molecule has 88 valence electrons. The molecule has 1 rings (SSSR count). The van der Waals surface area contributed by atoms with Crippen molar-refractivity contribution < 1.29 is 9.00 Å². The maximum atomic E-state index is 11.6. The average Bonchev–Trinajstić information content (AvgIpc) is 2.29. The highest BCUT2D eigenvalue weighted by Gasteiger charge is 2.08. The molecule has 0 aliphatic rings. The van der Waals surface area contributed by atoms with Crippen LogP contribution in [0.5, 0.6) is 0 Å². The van der Waals surface area contributed by atoms with Gasteiger partial charge in [-0.15, -0.1) is 0 Å². The van der Waals surface area contributed by atoms with Crippen LogP contribution in [0, 0.1) is 0 Å². The zero-order valence-corrected chi connectivity index (χ0v) is 9.92. The highest BCUT2D eigenvalue weighted by Crippen LogP contribution is 2.07. The largest absolute Gasteiger partial charge is 0.398 e. The first-order valence-corrected chi connectivity index (χ1v) is 6.46. The van der Waals surface area contributed by atoms with Crippen LogP contribution in [0.3, 0.4) is 0 Å². The molecular formula is C10H15N3O2S. The standard InChI is InChI=1S/C10H15N3O2S/c1-2-16(15)6-5-13-10(14)8-7-12-4-3-9(8)11/h3-4,7H,2,5-6H2,1H3,(H2,11,12)(H,13,14). The molecule has 16 heavy (non-hydrogen) atoms. The Morgan fingerprint density at radius 1 is 1.62 bits per heavy atom. The Kier molecular flexibility index (Phi) is 4.91. The third kappa shape index (κ3) is 3.62. The molecule has 0 aliphatic heterocycles. The number of nitrogens with two attached hydrogens (primary N) is 1. The number of hydrogen-bond donors (Lipinski definition) is 2. The zero-order valence-electron chi connectivity index (χ0n) is 9.10. The predicted molar refractivity (Wildman–Crippen MR) is 64.5 cm³/mol. The molecule has 0 bridgehead atoms. The molecule has 0 spiro atoms. The van der Waals surface area contributed by atoms with Crippen LogP contribution >= 0.6 is 0 Å². The lowest BCUT2D eigenvalue weighted by Crippen LogP contribution is -2.28. The van der Waals surface area contributed by atoms with E-state index in [0.717, 1.165) is 0 Å². The van der Waals surface area contributed by atoms with Crippen molar-refractivity contribution in [2.24, 2.45) is 0 Å². The maximum absolute atomic E-state index is 11.6. The second-order valence-electron chi connectivity index (χ2n) is 3.15. The second-order valence-corrected chi connectivity index (χ2v) is 5.02. The van der Waals surface area contributed by atoms with Gasteiger partial charge in [0, 0.05) is 46.9 Å². The summed E-state index contributed by atoms with van der Waals surface area (Å²) in [5, 5.41) is 2.65. The van der Waals surface area contributed by atoms with Gasteiger partial charge in [-0.2, -0.15) is 0 Å². The quantitative estimate of drug-likeness (QED) is 0.769. The fourth-order valence-electron chi connectivity index (χ4n) is 1.11. The molecule has 6 heteroatoms. The molecule has 1 aromatic heterocycles. The van der Waals surface area contributed by atoms with Gasteiger partial charge in [0.1, 0.15) is 0 Å². The fourth-order valence-corrected chi connectivity index (χ4v) is 1.73. The van der Waals surface area contributed by atoms with E-state index in [4.69, 9.17) is 5.73 Å². The average molecular weight is 241 g/mol. The summed E-state index contributed by atoms with van der Waals surface area (Å²) >= 11 is 0. The Balaban J connectivity index is 2.47. The summed E-state index contributed by atoms with van der Waals surface area (Å²) in [4.78, 5) is 15.4. The Morgan fingerprint density at radius 3 is 3.00 bits per heavy atom. The minimum atomic E-state index is -0.867. The lowest BCUT2D eigenvalue weighted by atomic mass is 10.2. The fraction of sp³-hybridized carbons (Fsp3) is 0.400. The van der Waals surface area contributed by atoms with Gasteiger partial charge >= 0.3 is 0 Å². The lowest BCUT2D eigenvalue weighted by molar-refractivity contribution is 0.0956. The van der Waals surface area contributed by atoms with Gasteiger partial charge in [-0.3, -0.25) is 14.0 Å². The van der Waals surface area contributed by atoms with E-state index in [1.54, 1.807) is 6.07 Å². The van der Waals surface area contributed by atoms with Gasteiger partial charge in [0.05, 0.1) is 5.56 Å². The molecule has 3 N–H and O–H groups in total. The van der Waals surface area contributed by atoms with Crippen molar-refractivity contribution in [3.63, 3.8) is 0 Å². The molecule has 1 amide bonds. The number of carbonyl (C=O) groups is 1. The van der Waals surface area contributed by atoms with E-state index in [2.05, 4.69) is 10.3 Å². The molecule has 0 aromatic carbocycles. The van der Waals surface area contributed by atoms with Crippen LogP contribution in [0.1, 0.15) is 17.3 Å². The van der Waals surface area contributed by atoms with Gasteiger partial charge in [0.15, 0.2) is 0 Å². The van der Waals surface area contributed by atoms with Crippen LogP contribution < -0.4 is 11.1 Å². The highest BCUT2D eigenvalue weighted by atomic mass is 32.2. The van der Waals surface area contributed by atoms with Crippen molar-refractivity contribution in [1.82, 2.24) is 10.3 Å². The van der Waals surface area contributed by atoms with Crippen molar-refractivity contribution in [1.29, 1.82) is 0 Å². The Labute approximate surface area is 96.9 Å². The molecule has 0 fully saturated rings. The molecule has 0 saturated carbocycles. The number of rotatable bonds is 5. The van der Waals surface area contributed by atoms with Gasteiger partial charge in [0.25, 0.3) is 5.91 Å². The second kappa shape index (κ2) is 6.22. The normalized spacial score (nSPS) is 12.1. The van der Waals surface area contributed by atoms with Gasteiger partial charge < -0.3 is 11.1 Å². The summed E-state index contributed by atoms with van der Waals surface area (Å²) < 4.78 is 11.1. The minimum absolute atomic E-state index is 0.279. The van der Waals surface area contributed by atoms with Gasteiger partial charge in [-0.05, 0) is 6.07 Å². The van der Waals surface area contributed by atoms with E-state index < -0.39 is 10.8 Å². The monoisotopic (exact) mass is 241 g/mol. The molecular weight excluding hydrogens is 226 g/mol. The third-order valence-corrected chi connectivity index (χ3v) is 3.34. The van der Waals surface area contributed by atoms with Crippen molar-refractivity contribution in [2.45, 2.75) is 6.92 Å². The topological polar surface area (TPSA) is 85.1 Å². The van der Waals surface area contributed by atoms with Crippen molar-refractivity contribution in [3.05, 3.63) is 24.0 Å². The van der Waals surface area contributed by atoms with Crippen LogP contribution in [-0.4, -0.2) is 33.2 Å². The van der Waals surface area contributed by atoms with Crippen LogP contribution in [0.25, 0.3) is 0 Å². The molecule has 1 heterocycles. The number of amides is 1. The lowest BCUT2D eigenvalue weighted by Gasteiger charge is -2.06. The van der Waals surface area contributed by atoms with E-state index in [0.29, 0.717) is 29.3 Å². The first-order valence-electron chi connectivity index (χ1n) is 4.97. The third-order valence-electron chi connectivity index (χ3n) is 2.04. The summed E-state index contributed by atoms with van der Waals surface area (Å²) in [5.41, 5.74) is 6.36. The van der Waals surface area contributed by atoms with E-state index in [-0.39, 0.29) is 5.91 Å². The number of nitrogens with one attached hydrogen (secondary N) is 1. The SMILES string of the molecule is CCS(=O)CCNC(=O)c1cnccc1N. The molecule has 1 unspecified atom stereocenters. The van der Waals surface area contributed by atoms with E-state index in [9.17, 15) is 9.00 Å².